The maximum atomic E-state index is 14.6. The second-order valence-electron chi connectivity index (χ2n) is 21.5. The highest BCUT2D eigenvalue weighted by atomic mass is 31.2. The summed E-state index contributed by atoms with van der Waals surface area (Å²) in [5.41, 5.74) is 1.24. The minimum absolute atomic E-state index is 0.00261. The summed E-state index contributed by atoms with van der Waals surface area (Å²) in [4.78, 5) is 72.6. The van der Waals surface area contributed by atoms with Crippen LogP contribution in [0.5, 0.6) is 0 Å². The fourth-order valence-corrected chi connectivity index (χ4v) is 12.1. The second-order valence-corrected chi connectivity index (χ2v) is 23.5. The van der Waals surface area contributed by atoms with Crippen molar-refractivity contribution in [1.29, 1.82) is 0 Å². The van der Waals surface area contributed by atoms with Gasteiger partial charge < -0.3 is 52.6 Å². The van der Waals surface area contributed by atoms with Gasteiger partial charge in [-0.15, -0.1) is 0 Å². The first-order valence-electron chi connectivity index (χ1n) is 27.0. The van der Waals surface area contributed by atoms with Gasteiger partial charge in [0, 0.05) is 71.7 Å². The van der Waals surface area contributed by atoms with Crippen LogP contribution in [0.4, 0.5) is 0 Å². The average Bonchev–Trinajstić information content (AvgIpc) is 3.36. The predicted molar refractivity (Wildman–Crippen MR) is 280 cm³/mol. The summed E-state index contributed by atoms with van der Waals surface area (Å²) in [5, 5.41) is 23.6. The molecular weight excluding hydrogens is 974 g/mol. The third-order valence-electron chi connectivity index (χ3n) is 15.5. The number of allylic oxidation sites excluding steroid dienone is 6. The number of hydrogen-bond acceptors (Lipinski definition) is 16. The Balaban J connectivity index is 1.67. The zero-order valence-corrected chi connectivity index (χ0v) is 47.3. The maximum absolute atomic E-state index is 14.6. The van der Waals surface area contributed by atoms with Gasteiger partial charge in [-0.3, -0.25) is 23.7 Å². The Labute approximate surface area is 441 Å². The molecule has 1 amide bonds. The molecule has 4 rings (SSSR count). The van der Waals surface area contributed by atoms with Gasteiger partial charge in [0.1, 0.15) is 30.1 Å². The number of ketones is 3. The average molecular weight is 1060 g/mol. The number of rotatable bonds is 13. The fraction of sp³-hybridized carbons (Fsp3) is 0.768. The topological polar surface area (TPSA) is 220 Å². The van der Waals surface area contributed by atoms with Gasteiger partial charge in [-0.1, -0.05) is 71.1 Å². The van der Waals surface area contributed by atoms with Gasteiger partial charge in [-0.2, -0.15) is 0 Å². The normalized spacial score (nSPS) is 37.8. The van der Waals surface area contributed by atoms with Crippen LogP contribution in [-0.4, -0.2) is 153 Å². The Kier molecular flexibility index (Phi) is 25.7. The molecule has 0 aromatic rings. The first-order chi connectivity index (χ1) is 35.0. The molecule has 0 aromatic heterocycles. The van der Waals surface area contributed by atoms with E-state index in [1.807, 2.05) is 65.0 Å². The zero-order valence-electron chi connectivity index (χ0n) is 46.4. The first kappa shape index (κ1) is 63.3. The molecule has 17 nitrogen and oxygen atoms in total. The van der Waals surface area contributed by atoms with Gasteiger partial charge in [0.25, 0.3) is 11.7 Å². The smallest absolute Gasteiger partial charge is 0.329 e. The van der Waals surface area contributed by atoms with E-state index in [4.69, 9.17) is 37.5 Å². The summed E-state index contributed by atoms with van der Waals surface area (Å²) in [6.45, 7) is 16.9. The third-order valence-corrected chi connectivity index (χ3v) is 16.8. The Morgan fingerprint density at radius 3 is 2.27 bits per heavy atom. The number of cyclic esters (lactones) is 1. The molecule has 420 valence electrons. The summed E-state index contributed by atoms with van der Waals surface area (Å²) in [6, 6.07) is -1.18. The largest absolute Gasteiger partial charge is 0.460 e. The van der Waals surface area contributed by atoms with Gasteiger partial charge in [0.2, 0.25) is 5.79 Å². The molecule has 2 N–H and O–H groups in total. The number of nitrogens with zero attached hydrogens (tertiary/aromatic N) is 1. The molecule has 3 heterocycles. The number of piperidine rings is 1. The minimum Gasteiger partial charge on any atom is -0.460 e. The van der Waals surface area contributed by atoms with Gasteiger partial charge in [-0.05, 0) is 114 Å². The second kappa shape index (κ2) is 30.1. The van der Waals surface area contributed by atoms with Crippen molar-refractivity contribution in [2.24, 2.45) is 35.5 Å². The van der Waals surface area contributed by atoms with Crippen LogP contribution in [0.25, 0.3) is 0 Å². The van der Waals surface area contributed by atoms with E-state index in [1.165, 1.54) is 18.7 Å². The molecule has 1 aliphatic carbocycles. The lowest BCUT2D eigenvalue weighted by molar-refractivity contribution is -0.265. The SMILES string of the molecule is CCOCCOP(C)(=O)O[C@@H]1CCC(C[C@@H](C)[C@@H]2CC(=O)[C@H](C)/C=C(\C)[C@@H](O)[C@@H](OC)C(=O)C(C)C[C@H](C)/C=C/C=C/C=C(\C)[C@@H](OC)C[C@@H]3CC[C@@H](C)[C@@](O)(O3)C(=O)C(=O)N3CCCCC3C(=O)O2)C[C@H]1OC. The highest BCUT2D eigenvalue weighted by Gasteiger charge is 2.53. The Morgan fingerprint density at radius 2 is 1.59 bits per heavy atom. The molecule has 0 radical (unpaired) electrons. The van der Waals surface area contributed by atoms with Gasteiger partial charge in [-0.25, -0.2) is 4.79 Å². The number of esters is 1. The number of fused-ring (bicyclic) bond motifs is 3. The lowest BCUT2D eigenvalue weighted by Crippen LogP contribution is -2.61. The van der Waals surface area contributed by atoms with E-state index in [1.54, 1.807) is 41.1 Å². The van der Waals surface area contributed by atoms with Crippen LogP contribution >= 0.6 is 7.60 Å². The summed E-state index contributed by atoms with van der Waals surface area (Å²) in [7, 11) is 1.08. The highest BCUT2D eigenvalue weighted by Crippen LogP contribution is 2.48. The molecule has 16 atom stereocenters. The predicted octanol–water partition coefficient (Wildman–Crippen LogP) is 8.08. The van der Waals surface area contributed by atoms with E-state index >= 15 is 0 Å². The quantitative estimate of drug-likeness (QED) is 0.0585. The fourth-order valence-electron chi connectivity index (χ4n) is 10.9. The van der Waals surface area contributed by atoms with Crippen LogP contribution in [0.15, 0.2) is 47.6 Å². The van der Waals surface area contributed by atoms with Gasteiger partial charge in [0.15, 0.2) is 5.78 Å². The number of ether oxygens (including phenoxy) is 6. The summed E-state index contributed by atoms with van der Waals surface area (Å²) in [5.74, 6) is -8.35. The Hall–Kier alpha value is -3.22. The van der Waals surface area contributed by atoms with Crippen LogP contribution in [0.2, 0.25) is 0 Å². The molecule has 0 aromatic carbocycles. The number of hydrogen-bond donors (Lipinski definition) is 2. The van der Waals surface area contributed by atoms with Gasteiger partial charge in [0.05, 0.1) is 37.6 Å². The van der Waals surface area contributed by atoms with E-state index in [0.717, 1.165) is 5.57 Å². The molecule has 74 heavy (non-hydrogen) atoms. The molecule has 2 saturated heterocycles. The van der Waals surface area contributed by atoms with E-state index in [9.17, 15) is 38.8 Å². The summed E-state index contributed by atoms with van der Waals surface area (Å²) < 4.78 is 60.0. The lowest BCUT2D eigenvalue weighted by atomic mass is 9.78. The van der Waals surface area contributed by atoms with Crippen LogP contribution in [-0.2, 0) is 66.0 Å². The molecule has 18 heteroatoms. The third kappa shape index (κ3) is 17.9. The number of Topliss-reactive ketones (excluding diaryl/α,β-unsaturated/α-hetero) is 3. The maximum Gasteiger partial charge on any atom is 0.329 e. The number of carbonyl (C=O) groups excluding carboxylic acids is 5. The molecule has 3 aliphatic heterocycles. The first-order valence-corrected chi connectivity index (χ1v) is 29.0. The number of carbonyl (C=O) groups is 5. The molecule has 2 bridgehead atoms. The van der Waals surface area contributed by atoms with Crippen molar-refractivity contribution in [3.05, 3.63) is 47.6 Å². The Bertz CT molecular complexity index is 2040. The van der Waals surface area contributed by atoms with Crippen LogP contribution in [0, 0.1) is 35.5 Å². The van der Waals surface area contributed by atoms with Crippen molar-refractivity contribution < 1.29 is 76.2 Å². The highest BCUT2D eigenvalue weighted by molar-refractivity contribution is 7.53. The van der Waals surface area contributed by atoms with Crippen molar-refractivity contribution in [3.8, 4) is 0 Å². The van der Waals surface area contributed by atoms with Crippen molar-refractivity contribution in [1.82, 2.24) is 4.90 Å². The summed E-state index contributed by atoms with van der Waals surface area (Å²) >= 11 is 0. The van der Waals surface area contributed by atoms with E-state index in [-0.39, 0.29) is 56.0 Å². The van der Waals surface area contributed by atoms with Crippen molar-refractivity contribution in [2.75, 3.05) is 54.4 Å². The van der Waals surface area contributed by atoms with Gasteiger partial charge >= 0.3 is 13.6 Å². The molecule has 4 aliphatic rings. The van der Waals surface area contributed by atoms with E-state index in [0.29, 0.717) is 76.4 Å². The van der Waals surface area contributed by atoms with Crippen LogP contribution in [0.3, 0.4) is 0 Å². The van der Waals surface area contributed by atoms with Crippen LogP contribution in [0.1, 0.15) is 132 Å². The Morgan fingerprint density at radius 1 is 0.865 bits per heavy atom. The molecule has 3 fully saturated rings. The number of aliphatic hydroxyl groups excluding tert-OH is 1. The monoisotopic (exact) mass is 1060 g/mol. The standard InChI is InChI=1S/C56H90NO16P/c1-13-69-27-28-70-74(12,65)73-46-25-23-42(32-49(46)67-10)31-38(5)48-34-45(58)37(4)30-40(7)51(60)52(68-11)50(59)39(6)29-35(2)19-15-14-16-20-36(3)47(66-9)33-43-24-22-41(8)56(64,72-43)53(61)54(62)57-26-18-17-21-44(57)55(63)71-48/h14-16,19-20,30,35,37-39,41-44,46-49,51-52,60,64H,13,17-18,21-29,31-34H2,1-12H3/b16-14+,19-15+,36-20+,40-30+/t35-,37-,38-,39?,41-,42?,43+,44?,46-,47+,48+,49-,51-,52+,56-,74?/m1/s1. The number of methoxy groups -OCH3 is 3. The number of aliphatic hydroxyl groups is 2. The lowest BCUT2D eigenvalue weighted by Gasteiger charge is -2.42. The minimum atomic E-state index is -3.44. The van der Waals surface area contributed by atoms with Crippen molar-refractivity contribution in [2.45, 2.75) is 187 Å². The molecule has 0 spiro atoms. The van der Waals surface area contributed by atoms with E-state index in [2.05, 4.69) is 0 Å². The van der Waals surface area contributed by atoms with Crippen molar-refractivity contribution >= 4 is 36.8 Å². The number of amides is 1. The summed E-state index contributed by atoms with van der Waals surface area (Å²) in [6.07, 6.45) is 10.6. The molecular formula is C56H90NO16P. The van der Waals surface area contributed by atoms with E-state index < -0.39 is 103 Å². The van der Waals surface area contributed by atoms with Crippen molar-refractivity contribution in [3.63, 3.8) is 0 Å². The molecule has 1 saturated carbocycles. The molecule has 4 unspecified atom stereocenters. The van der Waals surface area contributed by atoms with Crippen LogP contribution < -0.4 is 0 Å². The zero-order chi connectivity index (χ0) is 54.9.